The summed E-state index contributed by atoms with van der Waals surface area (Å²) in [6.07, 6.45) is 11.2. The molecular weight excluding hydrogens is 302 g/mol. The zero-order valence-corrected chi connectivity index (χ0v) is 14.9. The summed E-state index contributed by atoms with van der Waals surface area (Å²) in [6.45, 7) is 5.99. The molecule has 6 heteroatoms. The normalized spacial score (nSPS) is 18.3. The maximum atomic E-state index is 12.6. The van der Waals surface area contributed by atoms with E-state index in [-0.39, 0.29) is 5.91 Å². The highest BCUT2D eigenvalue weighted by molar-refractivity contribution is 5.76. The highest BCUT2D eigenvalue weighted by Gasteiger charge is 2.26. The Labute approximate surface area is 143 Å². The van der Waals surface area contributed by atoms with Crippen molar-refractivity contribution in [3.8, 4) is 0 Å². The van der Waals surface area contributed by atoms with E-state index in [4.69, 9.17) is 0 Å². The first-order chi connectivity index (χ1) is 11.5. The number of aryl methyl sites for hydroxylation is 2. The van der Waals surface area contributed by atoms with Crippen LogP contribution in [0, 0.1) is 0 Å². The molecule has 1 saturated heterocycles. The SMILES string of the molecule is CC(C)c1nccn1[C@H]1CCCN(C(=O)CCc2cnn(C)c2)C1. The van der Waals surface area contributed by atoms with Crippen LogP contribution in [0.1, 0.15) is 56.5 Å². The molecule has 2 aromatic rings. The molecule has 0 unspecified atom stereocenters. The average Bonchev–Trinajstić information content (AvgIpc) is 3.21. The minimum atomic E-state index is 0.245. The van der Waals surface area contributed by atoms with Crippen LogP contribution < -0.4 is 0 Å². The molecule has 130 valence electrons. The van der Waals surface area contributed by atoms with Gasteiger partial charge in [-0.3, -0.25) is 9.48 Å². The topological polar surface area (TPSA) is 56.0 Å². The number of likely N-dealkylation sites (tertiary alicyclic amines) is 1. The lowest BCUT2D eigenvalue weighted by atomic mass is 10.0. The highest BCUT2D eigenvalue weighted by Crippen LogP contribution is 2.26. The lowest BCUT2D eigenvalue weighted by molar-refractivity contribution is -0.132. The van der Waals surface area contributed by atoms with Gasteiger partial charge in [-0.1, -0.05) is 13.8 Å². The van der Waals surface area contributed by atoms with Gasteiger partial charge in [0, 0.05) is 51.1 Å². The molecule has 0 N–H and O–H groups in total. The third-order valence-electron chi connectivity index (χ3n) is 4.74. The predicted molar refractivity (Wildman–Crippen MR) is 92.7 cm³/mol. The van der Waals surface area contributed by atoms with E-state index in [1.54, 1.807) is 4.68 Å². The van der Waals surface area contributed by atoms with E-state index >= 15 is 0 Å². The van der Waals surface area contributed by atoms with Crippen LogP contribution in [0.25, 0.3) is 0 Å². The molecule has 0 saturated carbocycles. The Morgan fingerprint density at radius 2 is 2.25 bits per heavy atom. The van der Waals surface area contributed by atoms with Crippen LogP contribution in [-0.2, 0) is 18.3 Å². The number of imidazole rings is 1. The van der Waals surface area contributed by atoms with Crippen LogP contribution >= 0.6 is 0 Å². The zero-order valence-electron chi connectivity index (χ0n) is 14.9. The summed E-state index contributed by atoms with van der Waals surface area (Å²) in [4.78, 5) is 19.1. The fourth-order valence-electron chi connectivity index (χ4n) is 3.50. The van der Waals surface area contributed by atoms with Gasteiger partial charge in [0.05, 0.1) is 12.2 Å². The molecule has 1 atom stereocenters. The van der Waals surface area contributed by atoms with E-state index in [0.29, 0.717) is 18.4 Å². The van der Waals surface area contributed by atoms with Gasteiger partial charge in [-0.15, -0.1) is 0 Å². The fourth-order valence-corrected chi connectivity index (χ4v) is 3.50. The number of rotatable bonds is 5. The first-order valence-electron chi connectivity index (χ1n) is 8.82. The predicted octanol–water partition coefficient (Wildman–Crippen LogP) is 2.54. The van der Waals surface area contributed by atoms with Gasteiger partial charge in [0.25, 0.3) is 0 Å². The lowest BCUT2D eigenvalue weighted by Gasteiger charge is -2.34. The molecule has 0 spiro atoms. The van der Waals surface area contributed by atoms with Gasteiger partial charge >= 0.3 is 0 Å². The standard InChI is InChI=1S/C18H27N5O/c1-14(2)18-19-8-10-23(18)16-5-4-9-22(13-16)17(24)7-6-15-11-20-21(3)12-15/h8,10-12,14,16H,4-7,9,13H2,1-3H3/t16-/m0/s1. The molecule has 1 aliphatic heterocycles. The van der Waals surface area contributed by atoms with Gasteiger partial charge in [0.1, 0.15) is 5.82 Å². The number of amides is 1. The second-order valence-electron chi connectivity index (χ2n) is 7.01. The Morgan fingerprint density at radius 1 is 1.42 bits per heavy atom. The first-order valence-corrected chi connectivity index (χ1v) is 8.82. The quantitative estimate of drug-likeness (QED) is 0.847. The summed E-state index contributed by atoms with van der Waals surface area (Å²) in [6, 6.07) is 0.348. The van der Waals surface area contributed by atoms with Gasteiger partial charge in [-0.2, -0.15) is 5.10 Å². The average molecular weight is 329 g/mol. The first kappa shape index (κ1) is 16.7. The maximum absolute atomic E-state index is 12.6. The van der Waals surface area contributed by atoms with Gasteiger partial charge < -0.3 is 9.47 Å². The van der Waals surface area contributed by atoms with Crippen molar-refractivity contribution >= 4 is 5.91 Å². The number of carbonyl (C=O) groups is 1. The van der Waals surface area contributed by atoms with Crippen LogP contribution in [0.15, 0.2) is 24.8 Å². The highest BCUT2D eigenvalue weighted by atomic mass is 16.2. The molecule has 3 heterocycles. The molecule has 24 heavy (non-hydrogen) atoms. The number of carbonyl (C=O) groups excluding carboxylic acids is 1. The number of aromatic nitrogens is 4. The summed E-state index contributed by atoms with van der Waals surface area (Å²) in [5.74, 6) is 1.76. The van der Waals surface area contributed by atoms with Crippen molar-refractivity contribution in [3.05, 3.63) is 36.2 Å². The Balaban J connectivity index is 1.60. The van der Waals surface area contributed by atoms with Crippen molar-refractivity contribution in [1.82, 2.24) is 24.2 Å². The molecule has 1 aliphatic rings. The van der Waals surface area contributed by atoms with Crippen molar-refractivity contribution in [2.75, 3.05) is 13.1 Å². The Bertz CT molecular complexity index is 687. The molecule has 1 amide bonds. The maximum Gasteiger partial charge on any atom is 0.222 e. The monoisotopic (exact) mass is 329 g/mol. The molecule has 3 rings (SSSR count). The summed E-state index contributed by atoms with van der Waals surface area (Å²) >= 11 is 0. The van der Waals surface area contributed by atoms with Gasteiger partial charge in [0.15, 0.2) is 0 Å². The number of nitrogens with zero attached hydrogens (tertiary/aromatic N) is 5. The van der Waals surface area contributed by atoms with E-state index < -0.39 is 0 Å². The summed E-state index contributed by atoms with van der Waals surface area (Å²) < 4.78 is 4.05. The molecule has 0 radical (unpaired) electrons. The van der Waals surface area contributed by atoms with Crippen molar-refractivity contribution in [2.24, 2.45) is 7.05 Å². The fraction of sp³-hybridized carbons (Fsp3) is 0.611. The molecule has 1 fully saturated rings. The number of piperidine rings is 1. The van der Waals surface area contributed by atoms with Gasteiger partial charge in [0.2, 0.25) is 5.91 Å². The van der Waals surface area contributed by atoms with Crippen LogP contribution in [0.5, 0.6) is 0 Å². The molecule has 2 aromatic heterocycles. The molecule has 0 aliphatic carbocycles. The summed E-state index contributed by atoms with van der Waals surface area (Å²) in [5, 5.41) is 4.16. The molecule has 6 nitrogen and oxygen atoms in total. The number of hydrogen-bond acceptors (Lipinski definition) is 3. The number of hydrogen-bond donors (Lipinski definition) is 0. The van der Waals surface area contributed by atoms with Crippen LogP contribution in [0.3, 0.4) is 0 Å². The third kappa shape index (κ3) is 3.68. The summed E-state index contributed by atoms with van der Waals surface area (Å²) in [5.41, 5.74) is 1.12. The second-order valence-corrected chi connectivity index (χ2v) is 7.01. The summed E-state index contributed by atoms with van der Waals surface area (Å²) in [7, 11) is 1.90. The zero-order chi connectivity index (χ0) is 17.1. The molecule has 0 aromatic carbocycles. The Kier molecular flexibility index (Phi) is 5.02. The van der Waals surface area contributed by atoms with Crippen molar-refractivity contribution < 1.29 is 4.79 Å². The van der Waals surface area contributed by atoms with Gasteiger partial charge in [-0.25, -0.2) is 4.98 Å². The van der Waals surface area contributed by atoms with Crippen LogP contribution in [0.4, 0.5) is 0 Å². The van der Waals surface area contributed by atoms with E-state index in [9.17, 15) is 4.79 Å². The van der Waals surface area contributed by atoms with Crippen molar-refractivity contribution in [1.29, 1.82) is 0 Å². The Hall–Kier alpha value is -2.11. The molecule has 0 bridgehead atoms. The van der Waals surface area contributed by atoms with Gasteiger partial charge in [-0.05, 0) is 24.8 Å². The van der Waals surface area contributed by atoms with E-state index in [1.807, 2.05) is 30.5 Å². The smallest absolute Gasteiger partial charge is 0.222 e. The Morgan fingerprint density at radius 3 is 2.96 bits per heavy atom. The van der Waals surface area contributed by atoms with E-state index in [0.717, 1.165) is 43.7 Å². The van der Waals surface area contributed by atoms with E-state index in [1.165, 1.54) is 0 Å². The minimum absolute atomic E-state index is 0.245. The third-order valence-corrected chi connectivity index (χ3v) is 4.74. The second kappa shape index (κ2) is 7.20. The van der Waals surface area contributed by atoms with E-state index in [2.05, 4.69) is 34.7 Å². The molecular formula is C18H27N5O. The van der Waals surface area contributed by atoms with Crippen molar-refractivity contribution in [2.45, 2.75) is 51.5 Å². The largest absolute Gasteiger partial charge is 0.341 e. The lowest BCUT2D eigenvalue weighted by Crippen LogP contribution is -2.41. The minimum Gasteiger partial charge on any atom is -0.341 e. The van der Waals surface area contributed by atoms with Crippen LogP contribution in [0.2, 0.25) is 0 Å². The van der Waals surface area contributed by atoms with Crippen LogP contribution in [-0.4, -0.2) is 43.2 Å². The van der Waals surface area contributed by atoms with Crippen molar-refractivity contribution in [3.63, 3.8) is 0 Å².